The van der Waals surface area contributed by atoms with Gasteiger partial charge in [-0.25, -0.2) is 0 Å². The van der Waals surface area contributed by atoms with E-state index in [-0.39, 0.29) is 6.42 Å². The smallest absolute Gasteiger partial charge is 0.273 e. The van der Waals surface area contributed by atoms with Gasteiger partial charge in [-0.05, 0) is 38.5 Å². The Bertz CT molecular complexity index is 522. The summed E-state index contributed by atoms with van der Waals surface area (Å²) in [7, 11) is 0. The molecule has 0 unspecified atom stereocenters. The van der Waals surface area contributed by atoms with Crippen LogP contribution in [-0.2, 0) is 4.79 Å². The van der Waals surface area contributed by atoms with Gasteiger partial charge in [0, 0.05) is 0 Å². The summed E-state index contributed by atoms with van der Waals surface area (Å²) in [6, 6.07) is 0. The normalized spacial score (nSPS) is 12.7. The molecule has 0 spiro atoms. The number of hydrogen-bond acceptors (Lipinski definition) is 5. The lowest BCUT2D eigenvalue weighted by molar-refractivity contribution is -0.772. The molecule has 0 aromatic heterocycles. The minimum Gasteiger partial charge on any atom is -0.273 e. The fourth-order valence-corrected chi connectivity index (χ4v) is 1.94. The third kappa shape index (κ3) is 9.34. The Hall–Kier alpha value is -2.57. The topological polar surface area (TPSA) is 103 Å². The molecule has 7 heteroatoms. The van der Waals surface area contributed by atoms with Crippen LogP contribution in [0.4, 0.5) is 0 Å². The van der Waals surface area contributed by atoms with Crippen LogP contribution >= 0.6 is 0 Å². The van der Waals surface area contributed by atoms with Crippen LogP contribution in [0.25, 0.3) is 0 Å². The predicted molar refractivity (Wildman–Crippen MR) is 97.0 cm³/mol. The van der Waals surface area contributed by atoms with Crippen LogP contribution in [-0.4, -0.2) is 21.8 Å². The SMILES string of the molecule is CCC=CCC=CCC=CCC=CCCCC([C]=O)([N+](=O)[O-])[N+](=O)[O-]. The molecule has 0 bridgehead atoms. The van der Waals surface area contributed by atoms with Gasteiger partial charge in [0.15, 0.2) is 0 Å². The van der Waals surface area contributed by atoms with Crippen molar-refractivity contribution in [3.63, 3.8) is 0 Å². The van der Waals surface area contributed by atoms with Gasteiger partial charge in [0.1, 0.15) is 9.85 Å². The van der Waals surface area contributed by atoms with E-state index >= 15 is 0 Å². The van der Waals surface area contributed by atoms with Crippen molar-refractivity contribution >= 4 is 6.29 Å². The van der Waals surface area contributed by atoms with Gasteiger partial charge in [-0.3, -0.25) is 25.0 Å². The lowest BCUT2D eigenvalue weighted by atomic mass is 10.1. The van der Waals surface area contributed by atoms with Gasteiger partial charge < -0.3 is 0 Å². The lowest BCUT2D eigenvalue weighted by Crippen LogP contribution is -2.47. The van der Waals surface area contributed by atoms with E-state index in [9.17, 15) is 25.0 Å². The van der Waals surface area contributed by atoms with Crippen molar-refractivity contribution in [3.8, 4) is 0 Å². The Balaban J connectivity index is 3.98. The van der Waals surface area contributed by atoms with Crippen LogP contribution in [0.3, 0.4) is 0 Å². The second-order valence-corrected chi connectivity index (χ2v) is 5.33. The Morgan fingerprint density at radius 3 is 1.68 bits per heavy atom. The summed E-state index contributed by atoms with van der Waals surface area (Å²) in [4.78, 5) is 29.7. The second-order valence-electron chi connectivity index (χ2n) is 5.33. The van der Waals surface area contributed by atoms with Crippen LogP contribution in [0, 0.1) is 20.2 Å². The highest BCUT2D eigenvalue weighted by atomic mass is 16.7. The molecule has 0 amide bonds. The van der Waals surface area contributed by atoms with Gasteiger partial charge >= 0.3 is 11.9 Å². The largest absolute Gasteiger partial charge is 0.523 e. The molecular weight excluding hydrogens is 324 g/mol. The highest BCUT2D eigenvalue weighted by Gasteiger charge is 2.57. The third-order valence-corrected chi connectivity index (χ3v) is 3.38. The summed E-state index contributed by atoms with van der Waals surface area (Å²) in [6.45, 7) is 2.10. The summed E-state index contributed by atoms with van der Waals surface area (Å²) in [5.41, 5.74) is -2.84. The monoisotopic (exact) mass is 349 g/mol. The van der Waals surface area contributed by atoms with E-state index in [0.29, 0.717) is 6.42 Å². The fraction of sp³-hybridized carbons (Fsp3) is 0.500. The molecular formula is C18H25N2O5. The summed E-state index contributed by atoms with van der Waals surface area (Å²) in [6.07, 6.45) is 20.8. The molecule has 0 atom stereocenters. The van der Waals surface area contributed by atoms with E-state index in [2.05, 4.69) is 31.2 Å². The van der Waals surface area contributed by atoms with E-state index in [0.717, 1.165) is 32.0 Å². The number of carbonyl (C=O) groups excluding carboxylic acids is 1. The van der Waals surface area contributed by atoms with E-state index in [1.54, 1.807) is 6.08 Å². The van der Waals surface area contributed by atoms with Gasteiger partial charge in [-0.2, -0.15) is 0 Å². The zero-order valence-corrected chi connectivity index (χ0v) is 14.5. The summed E-state index contributed by atoms with van der Waals surface area (Å²) < 4.78 is 0. The highest BCUT2D eigenvalue weighted by Crippen LogP contribution is 2.17. The molecule has 0 saturated carbocycles. The molecule has 137 valence electrons. The van der Waals surface area contributed by atoms with Crippen LogP contribution in [0.2, 0.25) is 0 Å². The first-order chi connectivity index (χ1) is 12.0. The maximum atomic E-state index is 10.7. The van der Waals surface area contributed by atoms with Gasteiger partial charge in [0.25, 0.3) is 0 Å². The maximum Gasteiger partial charge on any atom is 0.523 e. The number of nitro groups is 2. The zero-order chi connectivity index (χ0) is 19.0. The Morgan fingerprint density at radius 2 is 1.28 bits per heavy atom. The Labute approximate surface area is 148 Å². The van der Waals surface area contributed by atoms with Crippen molar-refractivity contribution in [2.45, 2.75) is 57.5 Å². The second kappa shape index (κ2) is 13.8. The van der Waals surface area contributed by atoms with Gasteiger partial charge in [0.2, 0.25) is 0 Å². The summed E-state index contributed by atoms with van der Waals surface area (Å²) in [5.74, 6) is 0. The number of rotatable bonds is 14. The van der Waals surface area contributed by atoms with Gasteiger partial charge in [0.05, 0.1) is 6.42 Å². The van der Waals surface area contributed by atoms with Crippen molar-refractivity contribution in [2.24, 2.45) is 0 Å². The minimum atomic E-state index is -2.84. The zero-order valence-electron chi connectivity index (χ0n) is 14.5. The van der Waals surface area contributed by atoms with Crippen LogP contribution < -0.4 is 0 Å². The Kier molecular flexibility index (Phi) is 12.4. The van der Waals surface area contributed by atoms with Crippen LogP contribution in [0.1, 0.15) is 51.9 Å². The molecule has 0 heterocycles. The quantitative estimate of drug-likeness (QED) is 0.153. The first-order valence-corrected chi connectivity index (χ1v) is 8.29. The van der Waals surface area contributed by atoms with Crippen molar-refractivity contribution < 1.29 is 14.6 Å². The average molecular weight is 349 g/mol. The molecule has 0 aliphatic rings. The molecule has 0 fully saturated rings. The Morgan fingerprint density at radius 1 is 0.840 bits per heavy atom. The molecule has 0 aromatic rings. The van der Waals surface area contributed by atoms with Crippen molar-refractivity contribution in [2.75, 3.05) is 0 Å². The summed E-state index contributed by atoms with van der Waals surface area (Å²) in [5, 5.41) is 21.4. The van der Waals surface area contributed by atoms with E-state index in [4.69, 9.17) is 0 Å². The van der Waals surface area contributed by atoms with Crippen LogP contribution in [0.15, 0.2) is 48.6 Å². The average Bonchev–Trinajstić information content (AvgIpc) is 2.58. The molecule has 0 N–H and O–H groups in total. The number of allylic oxidation sites excluding steroid dienone is 8. The molecule has 0 aromatic carbocycles. The first kappa shape index (κ1) is 22.4. The van der Waals surface area contributed by atoms with Crippen molar-refractivity contribution in [1.29, 1.82) is 0 Å². The molecule has 7 nitrogen and oxygen atoms in total. The predicted octanol–water partition coefficient (Wildman–Crippen LogP) is 4.32. The molecule has 0 rings (SSSR count). The molecule has 0 aliphatic heterocycles. The number of hydrogen-bond donors (Lipinski definition) is 0. The first-order valence-electron chi connectivity index (χ1n) is 8.29. The minimum absolute atomic E-state index is 0.172. The van der Waals surface area contributed by atoms with E-state index in [1.165, 1.54) is 0 Å². The van der Waals surface area contributed by atoms with Gasteiger partial charge in [-0.15, -0.1) is 0 Å². The third-order valence-electron chi connectivity index (χ3n) is 3.38. The number of unbranched alkanes of at least 4 members (excludes halogenated alkanes) is 1. The van der Waals surface area contributed by atoms with E-state index in [1.807, 2.05) is 18.2 Å². The lowest BCUT2D eigenvalue weighted by Gasteiger charge is -2.08. The molecule has 25 heavy (non-hydrogen) atoms. The van der Waals surface area contributed by atoms with Crippen molar-refractivity contribution in [1.82, 2.24) is 0 Å². The maximum absolute atomic E-state index is 10.7. The van der Waals surface area contributed by atoms with E-state index < -0.39 is 21.9 Å². The fourth-order valence-electron chi connectivity index (χ4n) is 1.94. The van der Waals surface area contributed by atoms with Gasteiger partial charge in [-0.1, -0.05) is 55.5 Å². The molecule has 1 radical (unpaired) electrons. The highest BCUT2D eigenvalue weighted by molar-refractivity contribution is 5.59. The number of nitrogens with zero attached hydrogens (tertiary/aromatic N) is 2. The standard InChI is InChI=1S/C18H25N2O5/c1-2-3-4-5-6-7-8-9-10-11-12-13-14-15-16-18(17-21,19(22)23)20(24)25/h3-4,6-7,9-10,12-13H,2,5,8,11,14-16H2,1H3. The van der Waals surface area contributed by atoms with Crippen molar-refractivity contribution in [3.05, 3.63) is 68.8 Å². The summed E-state index contributed by atoms with van der Waals surface area (Å²) >= 11 is 0. The molecule has 0 saturated heterocycles. The van der Waals surface area contributed by atoms with Crippen LogP contribution in [0.5, 0.6) is 0 Å². The molecule has 0 aliphatic carbocycles.